The number of amides is 3. The summed E-state index contributed by atoms with van der Waals surface area (Å²) in [6.07, 6.45) is -0.709. The maximum absolute atomic E-state index is 13.9. The molecule has 0 radical (unpaired) electrons. The number of imidazole rings is 1. The predicted octanol–water partition coefficient (Wildman–Crippen LogP) is 3.16. The molecule has 3 aromatic rings. The molecule has 0 aliphatic carbocycles. The van der Waals surface area contributed by atoms with Crippen molar-refractivity contribution in [2.75, 3.05) is 71.5 Å². The van der Waals surface area contributed by atoms with Gasteiger partial charge in [0.15, 0.2) is 11.5 Å². The van der Waals surface area contributed by atoms with Gasteiger partial charge in [-0.05, 0) is 44.1 Å². The van der Waals surface area contributed by atoms with Gasteiger partial charge >= 0.3 is 6.18 Å². The van der Waals surface area contributed by atoms with Gasteiger partial charge in [-0.3, -0.25) is 19.1 Å². The van der Waals surface area contributed by atoms with Crippen LogP contribution in [0.2, 0.25) is 5.02 Å². The normalized spacial score (nSPS) is 16.0. The van der Waals surface area contributed by atoms with E-state index in [0.29, 0.717) is 39.4 Å². The Morgan fingerprint density at radius 3 is 2.44 bits per heavy atom. The lowest BCUT2D eigenvalue weighted by molar-refractivity contribution is -0.141. The van der Waals surface area contributed by atoms with Crippen molar-refractivity contribution in [2.24, 2.45) is 13.0 Å². The van der Waals surface area contributed by atoms with Crippen LogP contribution < -0.4 is 10.6 Å². The summed E-state index contributed by atoms with van der Waals surface area (Å²) >= 11 is 6.47. The molecule has 260 valence electrons. The summed E-state index contributed by atoms with van der Waals surface area (Å²) in [4.78, 5) is 46.8. The van der Waals surface area contributed by atoms with Gasteiger partial charge < -0.3 is 34.5 Å². The zero-order valence-corrected chi connectivity index (χ0v) is 27.4. The van der Waals surface area contributed by atoms with Crippen LogP contribution in [0.5, 0.6) is 0 Å². The summed E-state index contributed by atoms with van der Waals surface area (Å²) in [6, 6.07) is 4.44. The highest BCUT2D eigenvalue weighted by molar-refractivity contribution is 6.34. The Morgan fingerprint density at radius 2 is 1.77 bits per heavy atom. The minimum absolute atomic E-state index is 0.0152. The van der Waals surface area contributed by atoms with Crippen LogP contribution in [-0.4, -0.2) is 113 Å². The number of halogens is 4. The van der Waals surface area contributed by atoms with E-state index in [1.54, 1.807) is 4.90 Å². The molecule has 13 nitrogen and oxygen atoms in total. The number of ether oxygens (including phenoxy) is 2. The Kier molecular flexibility index (Phi) is 11.4. The number of carbonyl (C=O) groups excluding carboxylic acids is 3. The highest BCUT2D eigenvalue weighted by Crippen LogP contribution is 2.36. The monoisotopic (exact) mass is 694 g/mol. The molecule has 1 aromatic carbocycles. The smallest absolute Gasteiger partial charge is 0.382 e. The number of rotatable bonds is 11. The van der Waals surface area contributed by atoms with Gasteiger partial charge in [0.1, 0.15) is 0 Å². The van der Waals surface area contributed by atoms with Gasteiger partial charge in [-0.25, -0.2) is 4.98 Å². The Morgan fingerprint density at radius 1 is 1.06 bits per heavy atom. The predicted molar refractivity (Wildman–Crippen MR) is 170 cm³/mol. The number of hydrogen-bond donors (Lipinski definition) is 2. The number of nitrogens with zero attached hydrogens (tertiary/aromatic N) is 6. The summed E-state index contributed by atoms with van der Waals surface area (Å²) in [5, 5.41) is 9.72. The molecule has 0 unspecified atom stereocenters. The fourth-order valence-electron chi connectivity index (χ4n) is 5.79. The van der Waals surface area contributed by atoms with E-state index in [-0.39, 0.29) is 64.2 Å². The van der Waals surface area contributed by atoms with Crippen LogP contribution in [0.15, 0.2) is 30.6 Å². The maximum Gasteiger partial charge on any atom is 0.435 e. The minimum Gasteiger partial charge on any atom is -0.382 e. The zero-order chi connectivity index (χ0) is 34.4. The molecule has 2 fully saturated rings. The average molecular weight is 695 g/mol. The topological polar surface area (TPSA) is 136 Å². The van der Waals surface area contributed by atoms with Crippen LogP contribution in [-0.2, 0) is 34.0 Å². The molecule has 48 heavy (non-hydrogen) atoms. The highest BCUT2D eigenvalue weighted by Gasteiger charge is 2.39. The fraction of sp³-hybridized carbons (Fsp3) is 0.516. The third-order valence-corrected chi connectivity index (χ3v) is 8.73. The first kappa shape index (κ1) is 35.3. The fourth-order valence-corrected chi connectivity index (χ4v) is 6.05. The first-order valence-corrected chi connectivity index (χ1v) is 16.0. The Hall–Kier alpha value is -3.99. The molecule has 2 aromatic heterocycles. The quantitative estimate of drug-likeness (QED) is 0.293. The van der Waals surface area contributed by atoms with Gasteiger partial charge in [-0.15, -0.1) is 0 Å². The number of piperidine rings is 1. The second kappa shape index (κ2) is 15.5. The first-order valence-electron chi connectivity index (χ1n) is 15.6. The van der Waals surface area contributed by atoms with E-state index in [4.69, 9.17) is 21.1 Å². The summed E-state index contributed by atoms with van der Waals surface area (Å²) in [5.74, 6) is -0.982. The zero-order valence-electron chi connectivity index (χ0n) is 26.7. The molecule has 5 rings (SSSR count). The second-order valence-electron chi connectivity index (χ2n) is 11.6. The third kappa shape index (κ3) is 8.17. The Labute approximate surface area is 280 Å². The van der Waals surface area contributed by atoms with E-state index in [2.05, 4.69) is 20.7 Å². The Balaban J connectivity index is 1.22. The lowest BCUT2D eigenvalue weighted by atomic mass is 9.96. The van der Waals surface area contributed by atoms with Crippen molar-refractivity contribution in [2.45, 2.75) is 25.6 Å². The van der Waals surface area contributed by atoms with Gasteiger partial charge in [0.2, 0.25) is 5.91 Å². The summed E-state index contributed by atoms with van der Waals surface area (Å²) in [7, 11) is 2.94. The van der Waals surface area contributed by atoms with Crippen molar-refractivity contribution in [3.8, 4) is 11.3 Å². The molecule has 0 bridgehead atoms. The molecule has 4 heterocycles. The molecule has 2 aliphatic rings. The number of benzene rings is 1. The lowest BCUT2D eigenvalue weighted by Gasteiger charge is -2.37. The van der Waals surface area contributed by atoms with Crippen LogP contribution >= 0.6 is 11.6 Å². The van der Waals surface area contributed by atoms with Crippen LogP contribution in [0.3, 0.4) is 0 Å². The molecular weight excluding hydrogens is 657 g/mol. The summed E-state index contributed by atoms with van der Waals surface area (Å²) in [5.41, 5.74) is -0.809. The average Bonchev–Trinajstić information content (AvgIpc) is 3.68. The maximum atomic E-state index is 13.9. The van der Waals surface area contributed by atoms with Crippen LogP contribution in [0.4, 0.5) is 18.9 Å². The minimum atomic E-state index is -4.75. The second-order valence-corrected chi connectivity index (χ2v) is 12.0. The van der Waals surface area contributed by atoms with Crippen LogP contribution in [0.25, 0.3) is 11.3 Å². The largest absolute Gasteiger partial charge is 0.435 e. The summed E-state index contributed by atoms with van der Waals surface area (Å²) in [6.45, 7) is 4.15. The Bertz CT molecular complexity index is 1610. The van der Waals surface area contributed by atoms with E-state index in [1.807, 2.05) is 4.90 Å². The number of hydrogen-bond acceptors (Lipinski definition) is 8. The number of carbonyl (C=O) groups is 3. The molecule has 0 atom stereocenters. The molecular formula is C31H38ClF3N8O5. The van der Waals surface area contributed by atoms with E-state index >= 15 is 0 Å². The van der Waals surface area contributed by atoms with Gasteiger partial charge in [0.05, 0.1) is 54.4 Å². The van der Waals surface area contributed by atoms with Crippen molar-refractivity contribution in [3.05, 3.63) is 52.7 Å². The van der Waals surface area contributed by atoms with Crippen LogP contribution in [0.1, 0.15) is 39.5 Å². The number of methoxy groups -OCH3 is 1. The molecule has 0 saturated carbocycles. The number of anilines is 1. The van der Waals surface area contributed by atoms with Crippen LogP contribution in [0, 0.1) is 5.92 Å². The molecule has 17 heteroatoms. The summed E-state index contributed by atoms with van der Waals surface area (Å²) < 4.78 is 54.3. The van der Waals surface area contributed by atoms with Gasteiger partial charge in [0, 0.05) is 58.1 Å². The van der Waals surface area contributed by atoms with Gasteiger partial charge in [-0.2, -0.15) is 18.3 Å². The third-order valence-electron chi connectivity index (χ3n) is 8.42. The van der Waals surface area contributed by atoms with E-state index in [0.717, 1.165) is 30.6 Å². The van der Waals surface area contributed by atoms with Crippen molar-refractivity contribution < 1.29 is 37.0 Å². The molecule has 2 N–H and O–H groups in total. The van der Waals surface area contributed by atoms with E-state index in [9.17, 15) is 27.6 Å². The lowest BCUT2D eigenvalue weighted by Crippen LogP contribution is -2.52. The standard InChI is InChI=1S/C31H38ClF3N8O5/c1-40-25(23-19-43(13-14-48-16-15-47-2)39-26(23)31(33,34)35)18-37-27(40)28(44)38-21-3-4-22(24(32)17-21)30(46)42-11-9-41(10-12-42)29(45)20-5-7-36-8-6-20/h3-4,17-20,36H,5-16H2,1-2H3,(H,38,44). The van der Waals surface area contributed by atoms with Crippen molar-refractivity contribution in [1.29, 1.82) is 0 Å². The molecule has 2 aliphatic heterocycles. The number of nitrogens with one attached hydrogen (secondary N) is 2. The molecule has 0 spiro atoms. The molecule has 3 amide bonds. The van der Waals surface area contributed by atoms with E-state index in [1.165, 1.54) is 49.3 Å². The van der Waals surface area contributed by atoms with Gasteiger partial charge in [-0.1, -0.05) is 11.6 Å². The number of piperazine rings is 1. The van der Waals surface area contributed by atoms with Gasteiger partial charge in [0.25, 0.3) is 11.8 Å². The van der Waals surface area contributed by atoms with Crippen molar-refractivity contribution in [1.82, 2.24) is 34.4 Å². The number of alkyl halides is 3. The molecule has 2 saturated heterocycles. The van der Waals surface area contributed by atoms with Crippen molar-refractivity contribution in [3.63, 3.8) is 0 Å². The van der Waals surface area contributed by atoms with Crippen molar-refractivity contribution >= 4 is 35.0 Å². The number of aromatic nitrogens is 4. The first-order chi connectivity index (χ1) is 23.0. The SMILES string of the molecule is COCCOCCn1cc(-c2cnc(C(=O)Nc3ccc(C(=O)N4CCN(C(=O)C5CCNCC5)CC4)c(Cl)c3)n2C)c(C(F)(F)F)n1. The van der Waals surface area contributed by atoms with E-state index < -0.39 is 17.8 Å². The highest BCUT2D eigenvalue weighted by atomic mass is 35.5.